The molecule has 0 rings (SSSR count). The molecule has 0 heterocycles. The minimum absolute atomic E-state index is 0.452. The predicted octanol–water partition coefficient (Wildman–Crippen LogP) is -1.18. The standard InChI is InChI=1S/C10H21N3O3/c1-13(2)7-6-12-10(15)9(14)11-5-4-8-16-3/h4-8H2,1-3H3,(H,11,14)(H,12,15). The number of hydrogen-bond donors (Lipinski definition) is 2. The van der Waals surface area contributed by atoms with Gasteiger partial charge in [-0.05, 0) is 20.5 Å². The molecule has 0 aliphatic carbocycles. The predicted molar refractivity (Wildman–Crippen MR) is 61.1 cm³/mol. The van der Waals surface area contributed by atoms with Crippen molar-refractivity contribution in [2.24, 2.45) is 0 Å². The van der Waals surface area contributed by atoms with Gasteiger partial charge in [-0.1, -0.05) is 0 Å². The highest BCUT2D eigenvalue weighted by Crippen LogP contribution is 1.78. The smallest absolute Gasteiger partial charge is 0.309 e. The number of carbonyl (C=O) groups excluding carboxylic acids is 2. The van der Waals surface area contributed by atoms with Crippen LogP contribution in [0.25, 0.3) is 0 Å². The van der Waals surface area contributed by atoms with Crippen LogP contribution in [0.2, 0.25) is 0 Å². The van der Waals surface area contributed by atoms with Crippen molar-refractivity contribution in [2.45, 2.75) is 6.42 Å². The fourth-order valence-electron chi connectivity index (χ4n) is 0.972. The Labute approximate surface area is 96.3 Å². The zero-order chi connectivity index (χ0) is 12.4. The van der Waals surface area contributed by atoms with Crippen LogP contribution >= 0.6 is 0 Å². The van der Waals surface area contributed by atoms with E-state index >= 15 is 0 Å². The van der Waals surface area contributed by atoms with Crippen molar-refractivity contribution in [3.05, 3.63) is 0 Å². The molecule has 2 amide bonds. The molecule has 2 N–H and O–H groups in total. The molecule has 6 heteroatoms. The van der Waals surface area contributed by atoms with Gasteiger partial charge in [0, 0.05) is 33.4 Å². The van der Waals surface area contributed by atoms with E-state index in [0.29, 0.717) is 32.7 Å². The monoisotopic (exact) mass is 231 g/mol. The fourth-order valence-corrected chi connectivity index (χ4v) is 0.972. The van der Waals surface area contributed by atoms with Crippen LogP contribution in [-0.4, -0.2) is 64.2 Å². The van der Waals surface area contributed by atoms with Crippen molar-refractivity contribution in [1.82, 2.24) is 15.5 Å². The molecular weight excluding hydrogens is 210 g/mol. The molecule has 16 heavy (non-hydrogen) atoms. The highest BCUT2D eigenvalue weighted by Gasteiger charge is 2.11. The molecule has 0 fully saturated rings. The van der Waals surface area contributed by atoms with Gasteiger partial charge in [-0.25, -0.2) is 0 Å². The Bertz CT molecular complexity index is 219. The van der Waals surface area contributed by atoms with Crippen molar-refractivity contribution in [1.29, 1.82) is 0 Å². The number of likely N-dealkylation sites (N-methyl/N-ethyl adjacent to an activating group) is 1. The van der Waals surface area contributed by atoms with E-state index in [2.05, 4.69) is 10.6 Å². The second-order valence-electron chi connectivity index (χ2n) is 3.66. The summed E-state index contributed by atoms with van der Waals surface area (Å²) in [6.07, 6.45) is 0.702. The first-order valence-electron chi connectivity index (χ1n) is 5.27. The molecule has 0 saturated heterocycles. The normalized spacial score (nSPS) is 10.2. The van der Waals surface area contributed by atoms with Gasteiger partial charge in [0.2, 0.25) is 0 Å². The van der Waals surface area contributed by atoms with Gasteiger partial charge in [-0.2, -0.15) is 0 Å². The maximum atomic E-state index is 11.2. The van der Waals surface area contributed by atoms with Gasteiger partial charge in [-0.3, -0.25) is 9.59 Å². The van der Waals surface area contributed by atoms with Gasteiger partial charge in [0.05, 0.1) is 0 Å². The highest BCUT2D eigenvalue weighted by atomic mass is 16.5. The Morgan fingerprint density at radius 3 is 2.19 bits per heavy atom. The van der Waals surface area contributed by atoms with Crippen LogP contribution < -0.4 is 10.6 Å². The van der Waals surface area contributed by atoms with Crippen molar-refractivity contribution in [2.75, 3.05) is 47.4 Å². The lowest BCUT2D eigenvalue weighted by molar-refractivity contribution is -0.139. The summed E-state index contributed by atoms with van der Waals surface area (Å²) in [4.78, 5) is 24.3. The van der Waals surface area contributed by atoms with E-state index in [1.807, 2.05) is 19.0 Å². The number of hydrogen-bond acceptors (Lipinski definition) is 4. The van der Waals surface area contributed by atoms with E-state index in [1.54, 1.807) is 7.11 Å². The maximum absolute atomic E-state index is 11.2. The highest BCUT2D eigenvalue weighted by molar-refractivity contribution is 6.35. The maximum Gasteiger partial charge on any atom is 0.309 e. The molecule has 0 atom stereocenters. The van der Waals surface area contributed by atoms with E-state index in [0.717, 1.165) is 0 Å². The quantitative estimate of drug-likeness (QED) is 0.427. The molecular formula is C10H21N3O3. The fraction of sp³-hybridized carbons (Fsp3) is 0.800. The summed E-state index contributed by atoms with van der Waals surface area (Å²) in [5.74, 6) is -1.17. The largest absolute Gasteiger partial charge is 0.385 e. The van der Waals surface area contributed by atoms with Crippen molar-refractivity contribution in [3.8, 4) is 0 Å². The molecule has 0 aliphatic rings. The number of nitrogens with one attached hydrogen (secondary N) is 2. The molecule has 0 saturated carbocycles. The average molecular weight is 231 g/mol. The zero-order valence-electron chi connectivity index (χ0n) is 10.2. The summed E-state index contributed by atoms with van der Waals surface area (Å²) in [6.45, 7) is 2.20. The molecule has 94 valence electrons. The van der Waals surface area contributed by atoms with Crippen molar-refractivity contribution < 1.29 is 14.3 Å². The summed E-state index contributed by atoms with van der Waals surface area (Å²) in [6, 6.07) is 0. The Morgan fingerprint density at radius 2 is 1.69 bits per heavy atom. The van der Waals surface area contributed by atoms with Crippen LogP contribution in [0.15, 0.2) is 0 Å². The lowest BCUT2D eigenvalue weighted by atomic mass is 10.4. The second kappa shape index (κ2) is 9.11. The van der Waals surface area contributed by atoms with Crippen molar-refractivity contribution >= 4 is 11.8 Å². The molecule has 0 aromatic carbocycles. The van der Waals surface area contributed by atoms with E-state index in [-0.39, 0.29) is 0 Å². The van der Waals surface area contributed by atoms with E-state index < -0.39 is 11.8 Å². The number of carbonyl (C=O) groups is 2. The first-order valence-corrected chi connectivity index (χ1v) is 5.27. The summed E-state index contributed by atoms with van der Waals surface area (Å²) in [5, 5.41) is 5.04. The zero-order valence-corrected chi connectivity index (χ0v) is 10.2. The molecule has 0 aromatic heterocycles. The van der Waals surface area contributed by atoms with Gasteiger partial charge in [0.15, 0.2) is 0 Å². The van der Waals surface area contributed by atoms with Crippen LogP contribution in [-0.2, 0) is 14.3 Å². The van der Waals surface area contributed by atoms with Gasteiger partial charge in [0.25, 0.3) is 0 Å². The topological polar surface area (TPSA) is 70.7 Å². The lowest BCUT2D eigenvalue weighted by Gasteiger charge is -2.10. The van der Waals surface area contributed by atoms with E-state index in [9.17, 15) is 9.59 Å². The summed E-state index contributed by atoms with van der Waals surface area (Å²) >= 11 is 0. The summed E-state index contributed by atoms with van der Waals surface area (Å²) < 4.78 is 4.82. The van der Waals surface area contributed by atoms with E-state index in [4.69, 9.17) is 4.74 Å². The van der Waals surface area contributed by atoms with Crippen LogP contribution in [0.3, 0.4) is 0 Å². The summed E-state index contributed by atoms with van der Waals surface area (Å²) in [5.41, 5.74) is 0. The molecule has 0 bridgehead atoms. The third-order valence-corrected chi connectivity index (χ3v) is 1.86. The Hall–Kier alpha value is -1.14. The number of rotatable bonds is 7. The molecule has 0 radical (unpaired) electrons. The summed E-state index contributed by atoms with van der Waals surface area (Å²) in [7, 11) is 5.39. The first-order chi connectivity index (χ1) is 7.57. The van der Waals surface area contributed by atoms with Gasteiger partial charge >= 0.3 is 11.8 Å². The molecule has 6 nitrogen and oxygen atoms in total. The van der Waals surface area contributed by atoms with E-state index in [1.165, 1.54) is 0 Å². The average Bonchev–Trinajstić information content (AvgIpc) is 2.23. The number of ether oxygens (including phenoxy) is 1. The Morgan fingerprint density at radius 1 is 1.12 bits per heavy atom. The van der Waals surface area contributed by atoms with Gasteiger partial charge in [-0.15, -0.1) is 0 Å². The van der Waals surface area contributed by atoms with Gasteiger partial charge in [0.1, 0.15) is 0 Å². The molecule has 0 unspecified atom stereocenters. The van der Waals surface area contributed by atoms with Crippen LogP contribution in [0, 0.1) is 0 Å². The number of methoxy groups -OCH3 is 1. The van der Waals surface area contributed by atoms with Crippen LogP contribution in [0.4, 0.5) is 0 Å². The third kappa shape index (κ3) is 8.19. The Kier molecular flexibility index (Phi) is 8.46. The SMILES string of the molecule is COCCCNC(=O)C(=O)NCCN(C)C. The molecule has 0 aromatic rings. The molecule has 0 aliphatic heterocycles. The van der Waals surface area contributed by atoms with Crippen LogP contribution in [0.5, 0.6) is 0 Å². The lowest BCUT2D eigenvalue weighted by Crippen LogP contribution is -2.42. The minimum atomic E-state index is -0.588. The Balaban J connectivity index is 3.54. The molecule has 0 spiro atoms. The van der Waals surface area contributed by atoms with Crippen molar-refractivity contribution in [3.63, 3.8) is 0 Å². The second-order valence-corrected chi connectivity index (χ2v) is 3.66. The minimum Gasteiger partial charge on any atom is -0.385 e. The number of nitrogens with zero attached hydrogens (tertiary/aromatic N) is 1. The third-order valence-electron chi connectivity index (χ3n) is 1.86. The van der Waals surface area contributed by atoms with Gasteiger partial charge < -0.3 is 20.3 Å². The number of amides is 2. The van der Waals surface area contributed by atoms with Crippen LogP contribution in [0.1, 0.15) is 6.42 Å². The first kappa shape index (κ1) is 14.9.